The van der Waals surface area contributed by atoms with Gasteiger partial charge in [-0.3, -0.25) is 9.59 Å². The van der Waals surface area contributed by atoms with Gasteiger partial charge in [0.05, 0.1) is 12.1 Å². The van der Waals surface area contributed by atoms with Gasteiger partial charge in [0.15, 0.2) is 0 Å². The standard InChI is InChI=1S/C42H56N6O2/c43-20-22-46-21-8-15-37-28-48(42(50)40(45)27-32-17-19-34-12-5-7-14-36(34)24-32)38(25-30-9-2-1-3-10-30)29-47(37)41(49)39(44)26-31-16-18-33-11-4-6-13-35(33)23-31/h4-7,11-14,16-19,23-24,30,37-40,46H,1-3,8-10,15,20-22,25-29,43-45H2/t37?,38-,39?,40?/m1/s1. The summed E-state index contributed by atoms with van der Waals surface area (Å²) in [7, 11) is 0. The molecule has 0 aromatic heterocycles. The smallest absolute Gasteiger partial charge is 0.240 e. The van der Waals surface area contributed by atoms with Crippen molar-refractivity contribution in [3.05, 3.63) is 96.1 Å². The molecular formula is C42H56N6O2. The third kappa shape index (κ3) is 9.09. The van der Waals surface area contributed by atoms with Crippen LogP contribution in [0.15, 0.2) is 84.9 Å². The topological polar surface area (TPSA) is 131 Å². The number of piperazine rings is 1. The molecule has 50 heavy (non-hydrogen) atoms. The largest absolute Gasteiger partial charge is 0.335 e. The number of hydrogen-bond donors (Lipinski definition) is 4. The first kappa shape index (κ1) is 36.0. The lowest BCUT2D eigenvalue weighted by atomic mass is 9.83. The molecule has 1 saturated carbocycles. The van der Waals surface area contributed by atoms with Gasteiger partial charge in [-0.1, -0.05) is 117 Å². The summed E-state index contributed by atoms with van der Waals surface area (Å²) in [6.07, 6.45) is 9.55. The highest BCUT2D eigenvalue weighted by molar-refractivity contribution is 5.87. The van der Waals surface area contributed by atoms with Crippen LogP contribution in [-0.4, -0.2) is 78.5 Å². The Hall–Kier alpha value is -3.82. The molecule has 0 radical (unpaired) electrons. The zero-order valence-corrected chi connectivity index (χ0v) is 29.5. The van der Waals surface area contributed by atoms with E-state index in [2.05, 4.69) is 70.9 Å². The second-order valence-electron chi connectivity index (χ2n) is 14.7. The molecule has 1 aliphatic heterocycles. The van der Waals surface area contributed by atoms with Gasteiger partial charge in [0.2, 0.25) is 11.8 Å². The Morgan fingerprint density at radius 2 is 1.20 bits per heavy atom. The molecule has 1 saturated heterocycles. The Kier molecular flexibility index (Phi) is 12.5. The minimum absolute atomic E-state index is 0.0159. The van der Waals surface area contributed by atoms with E-state index in [0.717, 1.165) is 54.3 Å². The molecule has 8 heteroatoms. The normalized spacial score (nSPS) is 19.9. The number of nitrogens with two attached hydrogens (primary N) is 3. The molecular weight excluding hydrogens is 621 g/mol. The van der Waals surface area contributed by atoms with Gasteiger partial charge in [0.1, 0.15) is 0 Å². The van der Waals surface area contributed by atoms with Crippen LogP contribution < -0.4 is 22.5 Å². The van der Waals surface area contributed by atoms with Gasteiger partial charge >= 0.3 is 0 Å². The molecule has 7 N–H and O–H groups in total. The minimum Gasteiger partial charge on any atom is -0.335 e. The molecule has 8 nitrogen and oxygen atoms in total. The van der Waals surface area contributed by atoms with E-state index in [9.17, 15) is 9.59 Å². The first-order valence-corrected chi connectivity index (χ1v) is 18.9. The summed E-state index contributed by atoms with van der Waals surface area (Å²) >= 11 is 0. The number of amides is 2. The fourth-order valence-corrected chi connectivity index (χ4v) is 8.28. The van der Waals surface area contributed by atoms with Crippen LogP contribution in [0.3, 0.4) is 0 Å². The van der Waals surface area contributed by atoms with Gasteiger partial charge in [-0.15, -0.1) is 0 Å². The summed E-state index contributed by atoms with van der Waals surface area (Å²) in [6, 6.07) is 27.6. The Morgan fingerprint density at radius 1 is 0.680 bits per heavy atom. The summed E-state index contributed by atoms with van der Waals surface area (Å²) < 4.78 is 0. The Morgan fingerprint density at radius 3 is 1.76 bits per heavy atom. The number of benzene rings is 4. The van der Waals surface area contributed by atoms with E-state index in [1.165, 1.54) is 42.9 Å². The average molecular weight is 677 g/mol. The van der Waals surface area contributed by atoms with Crippen molar-refractivity contribution in [1.29, 1.82) is 0 Å². The van der Waals surface area contributed by atoms with E-state index in [0.29, 0.717) is 38.4 Å². The number of fused-ring (bicyclic) bond motifs is 2. The lowest BCUT2D eigenvalue weighted by Gasteiger charge is -2.49. The summed E-state index contributed by atoms with van der Waals surface area (Å²) in [6.45, 7) is 3.11. The fourth-order valence-electron chi connectivity index (χ4n) is 8.28. The van der Waals surface area contributed by atoms with Gasteiger partial charge in [-0.05, 0) is 77.2 Å². The third-order valence-electron chi connectivity index (χ3n) is 11.0. The molecule has 1 heterocycles. The monoisotopic (exact) mass is 676 g/mol. The van der Waals surface area contributed by atoms with E-state index >= 15 is 0 Å². The molecule has 2 amide bonds. The maximum absolute atomic E-state index is 14.4. The first-order chi connectivity index (χ1) is 24.4. The molecule has 0 bridgehead atoms. The zero-order valence-electron chi connectivity index (χ0n) is 29.5. The van der Waals surface area contributed by atoms with Crippen LogP contribution in [0, 0.1) is 5.92 Å². The lowest BCUT2D eigenvalue weighted by Crippen LogP contribution is -2.65. The van der Waals surface area contributed by atoms with E-state index in [-0.39, 0.29) is 23.9 Å². The second-order valence-corrected chi connectivity index (χ2v) is 14.7. The molecule has 2 fully saturated rings. The van der Waals surface area contributed by atoms with Crippen LogP contribution in [0.25, 0.3) is 21.5 Å². The predicted molar refractivity (Wildman–Crippen MR) is 205 cm³/mol. The Labute approximate surface area is 297 Å². The average Bonchev–Trinajstić information content (AvgIpc) is 3.14. The van der Waals surface area contributed by atoms with Crippen LogP contribution >= 0.6 is 0 Å². The summed E-state index contributed by atoms with van der Waals surface area (Å²) in [5, 5.41) is 8.03. The molecule has 4 aromatic carbocycles. The molecule has 6 rings (SSSR count). The van der Waals surface area contributed by atoms with Crippen molar-refractivity contribution in [3.8, 4) is 0 Å². The summed E-state index contributed by atoms with van der Waals surface area (Å²) in [4.78, 5) is 32.8. The van der Waals surface area contributed by atoms with E-state index in [1.807, 2.05) is 29.2 Å². The predicted octanol–water partition coefficient (Wildman–Crippen LogP) is 5.14. The van der Waals surface area contributed by atoms with Gasteiger partial charge in [0, 0.05) is 38.3 Å². The van der Waals surface area contributed by atoms with Crippen LogP contribution in [0.1, 0.15) is 62.5 Å². The van der Waals surface area contributed by atoms with Crippen LogP contribution in [-0.2, 0) is 22.4 Å². The zero-order chi connectivity index (χ0) is 34.9. The molecule has 1 aliphatic carbocycles. The maximum Gasteiger partial charge on any atom is 0.240 e. The second kappa shape index (κ2) is 17.4. The van der Waals surface area contributed by atoms with E-state index in [1.54, 1.807) is 0 Å². The number of carbonyl (C=O) groups is 2. The van der Waals surface area contributed by atoms with E-state index < -0.39 is 12.1 Å². The number of carbonyl (C=O) groups excluding carboxylic acids is 2. The highest BCUT2D eigenvalue weighted by Gasteiger charge is 2.41. The van der Waals surface area contributed by atoms with Crippen molar-refractivity contribution in [3.63, 3.8) is 0 Å². The van der Waals surface area contributed by atoms with Crippen LogP contribution in [0.5, 0.6) is 0 Å². The Bertz CT molecular complexity index is 1720. The van der Waals surface area contributed by atoms with Crippen LogP contribution in [0.2, 0.25) is 0 Å². The van der Waals surface area contributed by atoms with Gasteiger partial charge in [-0.25, -0.2) is 0 Å². The highest BCUT2D eigenvalue weighted by atomic mass is 16.2. The Balaban J connectivity index is 1.22. The van der Waals surface area contributed by atoms with Gasteiger partial charge < -0.3 is 32.3 Å². The van der Waals surface area contributed by atoms with Crippen molar-refractivity contribution in [2.75, 3.05) is 32.7 Å². The van der Waals surface area contributed by atoms with Crippen molar-refractivity contribution >= 4 is 33.4 Å². The molecule has 2 aliphatic rings. The first-order valence-electron chi connectivity index (χ1n) is 18.9. The number of nitrogens with one attached hydrogen (secondary N) is 1. The molecule has 3 unspecified atom stereocenters. The fraction of sp³-hybridized carbons (Fsp3) is 0.476. The van der Waals surface area contributed by atoms with Crippen LogP contribution in [0.4, 0.5) is 0 Å². The van der Waals surface area contributed by atoms with Crippen molar-refractivity contribution in [2.45, 2.75) is 88.4 Å². The molecule has 4 aromatic rings. The minimum atomic E-state index is -0.665. The van der Waals surface area contributed by atoms with Crippen molar-refractivity contribution in [2.24, 2.45) is 23.1 Å². The molecule has 4 atom stereocenters. The quantitative estimate of drug-likeness (QED) is 0.137. The van der Waals surface area contributed by atoms with Crippen molar-refractivity contribution < 1.29 is 9.59 Å². The van der Waals surface area contributed by atoms with Crippen molar-refractivity contribution in [1.82, 2.24) is 15.1 Å². The maximum atomic E-state index is 14.4. The summed E-state index contributed by atoms with van der Waals surface area (Å²) in [5.74, 6) is 0.498. The summed E-state index contributed by atoms with van der Waals surface area (Å²) in [5.41, 5.74) is 21.4. The number of hydrogen-bond acceptors (Lipinski definition) is 6. The highest BCUT2D eigenvalue weighted by Crippen LogP contribution is 2.32. The molecule has 266 valence electrons. The SMILES string of the molecule is NCCNCCCC1CN(C(=O)C(N)Cc2ccc3ccccc3c2)[C@H](CC2CCCCC2)CN1C(=O)C(N)Cc1ccc2ccccc2c1. The third-order valence-corrected chi connectivity index (χ3v) is 11.0. The number of nitrogens with zero attached hydrogens (tertiary/aromatic N) is 2. The van der Waals surface area contributed by atoms with Gasteiger partial charge in [-0.2, -0.15) is 0 Å². The molecule has 0 spiro atoms. The van der Waals surface area contributed by atoms with Gasteiger partial charge in [0.25, 0.3) is 0 Å². The van der Waals surface area contributed by atoms with E-state index in [4.69, 9.17) is 17.2 Å². The lowest BCUT2D eigenvalue weighted by molar-refractivity contribution is -0.149. The number of rotatable bonds is 14.